The van der Waals surface area contributed by atoms with Gasteiger partial charge in [0.25, 0.3) is 0 Å². The Labute approximate surface area is 170 Å². The molecule has 6 nitrogen and oxygen atoms in total. The lowest BCUT2D eigenvalue weighted by molar-refractivity contribution is -0.368. The largest absolute Gasteiger partial charge is 0.394 e. The zero-order valence-electron chi connectivity index (χ0n) is 16.2. The van der Waals surface area contributed by atoms with Gasteiger partial charge in [0.05, 0.1) is 13.2 Å². The van der Waals surface area contributed by atoms with Crippen LogP contribution in [0.1, 0.15) is 11.1 Å². The van der Waals surface area contributed by atoms with Crippen molar-refractivity contribution in [1.82, 2.24) is 0 Å². The molecule has 156 valence electrons. The van der Waals surface area contributed by atoms with Crippen LogP contribution in [0.2, 0.25) is 0 Å². The molecule has 0 aromatic heterocycles. The molecular formula is C23H28O6. The molecule has 1 saturated heterocycles. The molecule has 1 heterocycles. The highest BCUT2D eigenvalue weighted by atomic mass is 16.7. The minimum absolute atomic E-state index is 0.00406. The predicted octanol–water partition coefficient (Wildman–Crippen LogP) is 1.21. The van der Waals surface area contributed by atoms with Gasteiger partial charge in [0.2, 0.25) is 0 Å². The van der Waals surface area contributed by atoms with Gasteiger partial charge >= 0.3 is 0 Å². The molecule has 2 aromatic rings. The minimum Gasteiger partial charge on any atom is -0.394 e. The maximum atomic E-state index is 11.9. The summed E-state index contributed by atoms with van der Waals surface area (Å²) in [5.74, 6) is 0. The fourth-order valence-electron chi connectivity index (χ4n) is 3.98. The van der Waals surface area contributed by atoms with Crippen LogP contribution in [0.25, 0.3) is 0 Å². The Morgan fingerprint density at radius 1 is 0.931 bits per heavy atom. The Morgan fingerprint density at radius 2 is 1.45 bits per heavy atom. The molecule has 29 heavy (non-hydrogen) atoms. The summed E-state index contributed by atoms with van der Waals surface area (Å²) < 4.78 is 11.3. The molecule has 4 N–H and O–H groups in total. The molecule has 0 unspecified atom stereocenters. The molecule has 2 aromatic carbocycles. The second kappa shape index (κ2) is 9.17. The van der Waals surface area contributed by atoms with Gasteiger partial charge in [0, 0.05) is 12.8 Å². The molecule has 0 spiro atoms. The Bertz CT molecular complexity index is 782. The molecular weight excluding hydrogens is 372 g/mol. The third-order valence-electron chi connectivity index (χ3n) is 5.48. The fraction of sp³-hybridized carbons (Fsp3) is 0.391. The van der Waals surface area contributed by atoms with Crippen molar-refractivity contribution in [3.63, 3.8) is 0 Å². The van der Waals surface area contributed by atoms with Gasteiger partial charge in [-0.2, -0.15) is 0 Å². The van der Waals surface area contributed by atoms with Gasteiger partial charge in [0.15, 0.2) is 11.9 Å². The summed E-state index contributed by atoms with van der Waals surface area (Å²) in [6.07, 6.45) is -2.39. The summed E-state index contributed by atoms with van der Waals surface area (Å²) in [5.41, 5.74) is -2.56. The first kappa shape index (κ1) is 21.6. The quantitative estimate of drug-likeness (QED) is 0.497. The SMILES string of the molecule is C=CCO[C@@H]1[C@@H](CO)O[C@H](O)[C@@](O)(Cc2ccccc2)[C@]1(O)Cc1ccccc1. The average molecular weight is 400 g/mol. The summed E-state index contributed by atoms with van der Waals surface area (Å²) in [5, 5.41) is 44.1. The maximum Gasteiger partial charge on any atom is 0.187 e. The van der Waals surface area contributed by atoms with E-state index in [1.54, 1.807) is 12.1 Å². The molecule has 1 aliphatic heterocycles. The van der Waals surface area contributed by atoms with E-state index in [0.29, 0.717) is 5.56 Å². The lowest BCUT2D eigenvalue weighted by atomic mass is 9.68. The second-order valence-corrected chi connectivity index (χ2v) is 7.43. The zero-order chi connectivity index (χ0) is 20.9. The van der Waals surface area contributed by atoms with Gasteiger partial charge < -0.3 is 29.9 Å². The Hall–Kier alpha value is -2.06. The van der Waals surface area contributed by atoms with Gasteiger partial charge in [-0.3, -0.25) is 0 Å². The van der Waals surface area contributed by atoms with Gasteiger partial charge in [-0.15, -0.1) is 6.58 Å². The van der Waals surface area contributed by atoms with Crippen LogP contribution in [0.15, 0.2) is 73.3 Å². The normalized spacial score (nSPS) is 32.1. The van der Waals surface area contributed by atoms with Crippen molar-refractivity contribution < 1.29 is 29.9 Å². The van der Waals surface area contributed by atoms with Crippen LogP contribution in [0.5, 0.6) is 0 Å². The Balaban J connectivity index is 2.07. The first-order valence-electron chi connectivity index (χ1n) is 9.64. The van der Waals surface area contributed by atoms with Crippen molar-refractivity contribution in [2.75, 3.05) is 13.2 Å². The number of hydrogen-bond donors (Lipinski definition) is 4. The molecule has 1 aliphatic rings. The van der Waals surface area contributed by atoms with Gasteiger partial charge in [-0.1, -0.05) is 66.7 Å². The first-order valence-corrected chi connectivity index (χ1v) is 9.64. The van der Waals surface area contributed by atoms with Crippen LogP contribution in [0.4, 0.5) is 0 Å². The average Bonchev–Trinajstić information content (AvgIpc) is 2.73. The number of aliphatic hydroxyl groups excluding tert-OH is 2. The molecule has 0 amide bonds. The number of hydrogen-bond acceptors (Lipinski definition) is 6. The van der Waals surface area contributed by atoms with E-state index >= 15 is 0 Å². The van der Waals surface area contributed by atoms with Crippen LogP contribution in [-0.4, -0.2) is 63.3 Å². The number of benzene rings is 2. The van der Waals surface area contributed by atoms with Crippen molar-refractivity contribution in [3.05, 3.63) is 84.4 Å². The van der Waals surface area contributed by atoms with E-state index in [1.165, 1.54) is 6.08 Å². The van der Waals surface area contributed by atoms with E-state index in [-0.39, 0.29) is 19.4 Å². The van der Waals surface area contributed by atoms with E-state index in [0.717, 1.165) is 5.56 Å². The van der Waals surface area contributed by atoms with Gasteiger partial charge in [0.1, 0.15) is 17.8 Å². The van der Waals surface area contributed by atoms with Gasteiger partial charge in [-0.25, -0.2) is 0 Å². The smallest absolute Gasteiger partial charge is 0.187 e. The lowest BCUT2D eigenvalue weighted by Crippen LogP contribution is -2.76. The topological polar surface area (TPSA) is 99.4 Å². The third kappa shape index (κ3) is 4.28. The van der Waals surface area contributed by atoms with E-state index in [4.69, 9.17) is 9.47 Å². The van der Waals surface area contributed by atoms with E-state index in [2.05, 4.69) is 6.58 Å². The molecule has 6 heteroatoms. The van der Waals surface area contributed by atoms with E-state index < -0.39 is 36.3 Å². The minimum atomic E-state index is -2.08. The van der Waals surface area contributed by atoms with Crippen LogP contribution in [0.3, 0.4) is 0 Å². The molecule has 0 bridgehead atoms. The Kier molecular flexibility index (Phi) is 6.85. The molecule has 0 radical (unpaired) electrons. The van der Waals surface area contributed by atoms with E-state index in [9.17, 15) is 20.4 Å². The monoisotopic (exact) mass is 400 g/mol. The highest BCUT2D eigenvalue weighted by molar-refractivity contribution is 5.27. The van der Waals surface area contributed by atoms with Crippen LogP contribution < -0.4 is 0 Å². The van der Waals surface area contributed by atoms with Crippen molar-refractivity contribution >= 4 is 0 Å². The van der Waals surface area contributed by atoms with Gasteiger partial charge in [-0.05, 0) is 11.1 Å². The number of ether oxygens (including phenoxy) is 2. The highest BCUT2D eigenvalue weighted by Crippen LogP contribution is 2.43. The summed E-state index contributed by atoms with van der Waals surface area (Å²) in [7, 11) is 0. The van der Waals surface area contributed by atoms with Crippen molar-refractivity contribution in [2.24, 2.45) is 0 Å². The second-order valence-electron chi connectivity index (χ2n) is 7.43. The van der Waals surface area contributed by atoms with Crippen LogP contribution in [0, 0.1) is 0 Å². The molecule has 0 saturated carbocycles. The Morgan fingerprint density at radius 3 is 1.93 bits per heavy atom. The molecule has 3 rings (SSSR count). The summed E-state index contributed by atoms with van der Waals surface area (Å²) >= 11 is 0. The summed E-state index contributed by atoms with van der Waals surface area (Å²) in [6.45, 7) is 3.22. The van der Waals surface area contributed by atoms with Crippen LogP contribution >= 0.6 is 0 Å². The summed E-state index contributed by atoms with van der Waals surface area (Å²) in [6, 6.07) is 18.2. The highest BCUT2D eigenvalue weighted by Gasteiger charge is 2.65. The summed E-state index contributed by atoms with van der Waals surface area (Å²) in [4.78, 5) is 0. The van der Waals surface area contributed by atoms with Crippen LogP contribution in [-0.2, 0) is 22.3 Å². The maximum absolute atomic E-state index is 11.9. The fourth-order valence-corrected chi connectivity index (χ4v) is 3.98. The van der Waals surface area contributed by atoms with Crippen molar-refractivity contribution in [3.8, 4) is 0 Å². The van der Waals surface area contributed by atoms with E-state index in [1.807, 2.05) is 48.5 Å². The van der Waals surface area contributed by atoms with Crippen molar-refractivity contribution in [2.45, 2.75) is 42.5 Å². The molecule has 1 fully saturated rings. The molecule has 0 aliphatic carbocycles. The first-order chi connectivity index (χ1) is 13.9. The predicted molar refractivity (Wildman–Crippen MR) is 108 cm³/mol. The number of aliphatic hydroxyl groups is 4. The standard InChI is InChI=1S/C23H28O6/c1-2-13-28-20-19(16-24)29-21(25)23(27,15-18-11-7-4-8-12-18)22(20,26)14-17-9-5-3-6-10-17/h2-12,19-21,24-27H,1,13-16H2/t19-,20-,21+,22+,23+/m1/s1. The molecule has 5 atom stereocenters. The third-order valence-corrected chi connectivity index (χ3v) is 5.48. The lowest BCUT2D eigenvalue weighted by Gasteiger charge is -2.55. The van der Waals surface area contributed by atoms with Crippen molar-refractivity contribution in [1.29, 1.82) is 0 Å². The zero-order valence-corrected chi connectivity index (χ0v) is 16.2. The number of rotatable bonds is 8.